The van der Waals surface area contributed by atoms with E-state index in [1.54, 1.807) is 0 Å². The van der Waals surface area contributed by atoms with Gasteiger partial charge in [-0.3, -0.25) is 9.59 Å². The Kier molecular flexibility index (Phi) is 13.0. The van der Waals surface area contributed by atoms with E-state index in [1.807, 2.05) is 60.7 Å². The summed E-state index contributed by atoms with van der Waals surface area (Å²) in [7, 11) is 0. The van der Waals surface area contributed by atoms with Crippen molar-refractivity contribution in [1.29, 1.82) is 0 Å². The maximum atomic E-state index is 10.7. The Morgan fingerprint density at radius 1 is 0.593 bits per heavy atom. The fraction of sp³-hybridized carbons (Fsp3) is 0.200. The topological polar surface area (TPSA) is 114 Å². The summed E-state index contributed by atoms with van der Waals surface area (Å²) in [6.45, 7) is 0. The molecule has 0 aliphatic heterocycles. The third-order valence-corrected chi connectivity index (χ3v) is 3.42. The van der Waals surface area contributed by atoms with Crippen LogP contribution in [0.1, 0.15) is 24.0 Å². The number of carbonyl (C=O) groups is 4. The van der Waals surface area contributed by atoms with Crippen LogP contribution in [0.5, 0.6) is 0 Å². The molecular formula is C20H18CaO6. The van der Waals surface area contributed by atoms with Gasteiger partial charge in [0, 0.05) is 12.8 Å². The maximum absolute atomic E-state index is 10.7. The van der Waals surface area contributed by atoms with Gasteiger partial charge in [-0.1, -0.05) is 60.7 Å². The summed E-state index contributed by atoms with van der Waals surface area (Å²) in [6.07, 6.45) is 0.917. The van der Waals surface area contributed by atoms with Gasteiger partial charge in [0.15, 0.2) is 11.6 Å². The Balaban J connectivity index is 0.000000483. The Hall–Kier alpha value is -2.02. The molecule has 0 spiro atoms. The number of aryl methyl sites for hydroxylation is 2. The van der Waals surface area contributed by atoms with Crippen LogP contribution in [-0.2, 0) is 32.0 Å². The number of carboxylic acids is 2. The average molecular weight is 394 g/mol. The van der Waals surface area contributed by atoms with Gasteiger partial charge < -0.3 is 19.8 Å². The fourth-order valence-electron chi connectivity index (χ4n) is 2.01. The van der Waals surface area contributed by atoms with E-state index in [0.29, 0.717) is 12.8 Å². The molecule has 2 aromatic rings. The standard InChI is InChI=1S/2C10H10O3.Ca/c2*11-9(10(12)13)7-6-8-4-2-1-3-5-8;/h2*1-5H,6-7H2,(H,12,13);/q;;+2/p-2. The normalized spacial score (nSPS) is 9.19. The number of benzene rings is 2. The minimum atomic E-state index is -1.60. The van der Waals surface area contributed by atoms with Crippen LogP contribution in [0.3, 0.4) is 0 Å². The molecular weight excluding hydrogens is 376 g/mol. The Bertz CT molecular complexity index is 678. The number of carboxylic acid groups (broad SMARTS) is 2. The van der Waals surface area contributed by atoms with E-state index in [9.17, 15) is 29.4 Å². The largest absolute Gasteiger partial charge is 2.00 e. The average Bonchev–Trinajstić information content (AvgIpc) is 2.66. The van der Waals surface area contributed by atoms with Gasteiger partial charge in [-0.15, -0.1) is 0 Å². The first-order valence-electron chi connectivity index (χ1n) is 7.96. The molecule has 7 heteroatoms. The second kappa shape index (κ2) is 14.1. The van der Waals surface area contributed by atoms with Crippen LogP contribution in [0, 0.1) is 0 Å². The van der Waals surface area contributed by atoms with Crippen LogP contribution >= 0.6 is 0 Å². The van der Waals surface area contributed by atoms with Crippen molar-refractivity contribution in [2.75, 3.05) is 0 Å². The molecule has 0 bridgehead atoms. The summed E-state index contributed by atoms with van der Waals surface area (Å²) in [5, 5.41) is 20.1. The van der Waals surface area contributed by atoms with E-state index in [-0.39, 0.29) is 50.6 Å². The molecule has 0 radical (unpaired) electrons. The molecule has 0 heterocycles. The summed E-state index contributed by atoms with van der Waals surface area (Å²) in [6, 6.07) is 18.5. The van der Waals surface area contributed by atoms with Gasteiger partial charge in [0.1, 0.15) is 11.9 Å². The molecule has 2 rings (SSSR count). The first-order valence-corrected chi connectivity index (χ1v) is 7.96. The van der Waals surface area contributed by atoms with Crippen molar-refractivity contribution in [2.45, 2.75) is 25.7 Å². The zero-order valence-electron chi connectivity index (χ0n) is 14.8. The van der Waals surface area contributed by atoms with Crippen molar-refractivity contribution in [2.24, 2.45) is 0 Å². The van der Waals surface area contributed by atoms with Crippen molar-refractivity contribution < 1.29 is 29.4 Å². The van der Waals surface area contributed by atoms with Crippen LogP contribution in [0.2, 0.25) is 0 Å². The van der Waals surface area contributed by atoms with Crippen LogP contribution < -0.4 is 10.2 Å². The predicted molar refractivity (Wildman–Crippen MR) is 95.3 cm³/mol. The van der Waals surface area contributed by atoms with E-state index in [1.165, 1.54) is 0 Å². The zero-order chi connectivity index (χ0) is 19.4. The summed E-state index contributed by atoms with van der Waals surface area (Å²) in [4.78, 5) is 41.4. The quantitative estimate of drug-likeness (QED) is 0.440. The molecule has 0 amide bonds. The van der Waals surface area contributed by atoms with Crippen molar-refractivity contribution in [3.63, 3.8) is 0 Å². The van der Waals surface area contributed by atoms with Gasteiger partial charge >= 0.3 is 37.7 Å². The number of aliphatic carboxylic acids is 2. The summed E-state index contributed by atoms with van der Waals surface area (Å²) >= 11 is 0. The molecule has 0 unspecified atom stereocenters. The molecule has 0 aromatic heterocycles. The number of hydrogen-bond acceptors (Lipinski definition) is 6. The van der Waals surface area contributed by atoms with Gasteiger partial charge in [0.05, 0.1) is 0 Å². The second-order valence-corrected chi connectivity index (χ2v) is 5.39. The number of ketones is 2. The van der Waals surface area contributed by atoms with Gasteiger partial charge in [0.25, 0.3) is 0 Å². The number of carbonyl (C=O) groups excluding carboxylic acids is 4. The Morgan fingerprint density at radius 3 is 1.15 bits per heavy atom. The first kappa shape index (κ1) is 25.0. The van der Waals surface area contributed by atoms with E-state index in [0.717, 1.165) is 11.1 Å². The van der Waals surface area contributed by atoms with Gasteiger partial charge in [-0.05, 0) is 24.0 Å². The van der Waals surface area contributed by atoms with Crippen molar-refractivity contribution in [3.05, 3.63) is 71.8 Å². The molecule has 0 saturated carbocycles. The molecule has 0 atom stereocenters. The van der Waals surface area contributed by atoms with Crippen LogP contribution in [0.4, 0.5) is 0 Å². The van der Waals surface area contributed by atoms with Crippen molar-refractivity contribution in [1.82, 2.24) is 0 Å². The summed E-state index contributed by atoms with van der Waals surface area (Å²) < 4.78 is 0. The number of Topliss-reactive ketones (excluding diaryl/α,β-unsaturated/α-hetero) is 2. The van der Waals surface area contributed by atoms with Gasteiger partial charge in [-0.25, -0.2) is 0 Å². The van der Waals surface area contributed by atoms with Crippen molar-refractivity contribution >= 4 is 61.2 Å². The maximum Gasteiger partial charge on any atom is 2.00 e. The molecule has 136 valence electrons. The van der Waals surface area contributed by atoms with Gasteiger partial charge in [0.2, 0.25) is 0 Å². The molecule has 6 nitrogen and oxygen atoms in total. The van der Waals surface area contributed by atoms with Crippen molar-refractivity contribution in [3.8, 4) is 0 Å². The minimum Gasteiger partial charge on any atom is -0.542 e. The zero-order valence-corrected chi connectivity index (χ0v) is 17.0. The number of hydrogen-bond donors (Lipinski definition) is 0. The first-order chi connectivity index (χ1) is 12.4. The molecule has 2 aromatic carbocycles. The molecule has 0 N–H and O–H groups in total. The molecule has 0 aliphatic rings. The third-order valence-electron chi connectivity index (χ3n) is 3.42. The van der Waals surface area contributed by atoms with Gasteiger partial charge in [-0.2, -0.15) is 0 Å². The van der Waals surface area contributed by atoms with Crippen LogP contribution in [0.25, 0.3) is 0 Å². The van der Waals surface area contributed by atoms with E-state index >= 15 is 0 Å². The van der Waals surface area contributed by atoms with E-state index in [4.69, 9.17) is 0 Å². The monoisotopic (exact) mass is 394 g/mol. The van der Waals surface area contributed by atoms with Crippen LogP contribution in [0.15, 0.2) is 60.7 Å². The molecule has 0 fully saturated rings. The molecule has 27 heavy (non-hydrogen) atoms. The van der Waals surface area contributed by atoms with E-state index in [2.05, 4.69) is 0 Å². The summed E-state index contributed by atoms with van der Waals surface area (Å²) in [5.41, 5.74) is 1.91. The third kappa shape index (κ3) is 11.3. The smallest absolute Gasteiger partial charge is 0.542 e. The minimum absolute atomic E-state index is 0. The molecule has 0 saturated heterocycles. The Morgan fingerprint density at radius 2 is 0.889 bits per heavy atom. The van der Waals surface area contributed by atoms with Crippen LogP contribution in [-0.4, -0.2) is 61.2 Å². The second-order valence-electron chi connectivity index (χ2n) is 5.39. The Labute approximate surface area is 187 Å². The fourth-order valence-corrected chi connectivity index (χ4v) is 2.01. The number of rotatable bonds is 8. The SMILES string of the molecule is O=C([O-])C(=O)CCc1ccccc1.O=C([O-])C(=O)CCc1ccccc1.[Ca+2]. The van der Waals surface area contributed by atoms with E-state index < -0.39 is 23.5 Å². The predicted octanol–water partition coefficient (Wildman–Crippen LogP) is -0.504. The summed E-state index contributed by atoms with van der Waals surface area (Å²) in [5.74, 6) is -4.89. The molecule has 0 aliphatic carbocycles.